The van der Waals surface area contributed by atoms with E-state index >= 15 is 0 Å². The second-order valence-corrected chi connectivity index (χ2v) is 11.9. The molecular formula is C29H33ClF2N2O6S. The first kappa shape index (κ1) is 32.4. The number of nitrogens with zero attached hydrogens (tertiary/aromatic N) is 1. The predicted molar refractivity (Wildman–Crippen MR) is 152 cm³/mol. The fraction of sp³-hybridized carbons (Fsp3) is 0.345. The summed E-state index contributed by atoms with van der Waals surface area (Å²) >= 11 is 0. The topological polar surface area (TPSA) is 105 Å². The highest BCUT2D eigenvalue weighted by Crippen LogP contribution is 2.36. The first-order valence-electron chi connectivity index (χ1n) is 12.9. The molecule has 1 aliphatic rings. The zero-order valence-corrected chi connectivity index (χ0v) is 24.1. The molecule has 3 aromatic carbocycles. The van der Waals surface area contributed by atoms with Gasteiger partial charge in [-0.3, -0.25) is 10.0 Å². The molecule has 0 aliphatic carbocycles. The SMILES string of the molecule is COCCN1CCC(C(=O)NO)(S(=O)(=O)c2ccc(OCCc3cccc(-c4ccc(F)cc4F)c3)cc2)CC1.Cl. The number of hydrogen-bond donors (Lipinski definition) is 2. The van der Waals surface area contributed by atoms with Gasteiger partial charge in [0.25, 0.3) is 5.91 Å². The minimum absolute atomic E-state index is 0. The van der Waals surface area contributed by atoms with E-state index in [1.54, 1.807) is 24.7 Å². The molecule has 1 fully saturated rings. The van der Waals surface area contributed by atoms with E-state index in [4.69, 9.17) is 9.47 Å². The number of carbonyl (C=O) groups is 1. The number of methoxy groups -OCH3 is 1. The Balaban J connectivity index is 0.00000462. The Morgan fingerprint density at radius 1 is 1.02 bits per heavy atom. The molecule has 1 aliphatic heterocycles. The van der Waals surface area contributed by atoms with Crippen molar-refractivity contribution < 1.29 is 36.7 Å². The summed E-state index contributed by atoms with van der Waals surface area (Å²) in [6, 6.07) is 16.5. The molecule has 0 saturated carbocycles. The van der Waals surface area contributed by atoms with E-state index in [0.29, 0.717) is 49.5 Å². The summed E-state index contributed by atoms with van der Waals surface area (Å²) in [5.74, 6) is -1.78. The number of amides is 1. The number of rotatable bonds is 11. The third kappa shape index (κ3) is 7.22. The zero-order valence-electron chi connectivity index (χ0n) is 22.5. The van der Waals surface area contributed by atoms with Gasteiger partial charge in [0.2, 0.25) is 0 Å². The van der Waals surface area contributed by atoms with Crippen LogP contribution in [0, 0.1) is 11.6 Å². The lowest BCUT2D eigenvalue weighted by Crippen LogP contribution is -2.57. The van der Waals surface area contributed by atoms with Gasteiger partial charge in [0.1, 0.15) is 17.4 Å². The van der Waals surface area contributed by atoms with Gasteiger partial charge in [0, 0.05) is 44.8 Å². The van der Waals surface area contributed by atoms with E-state index in [0.717, 1.165) is 11.6 Å². The molecule has 3 aromatic rings. The average Bonchev–Trinajstić information content (AvgIpc) is 2.96. The number of carbonyl (C=O) groups excluding carboxylic acids is 1. The molecule has 8 nitrogen and oxygen atoms in total. The third-order valence-corrected chi connectivity index (χ3v) is 9.78. The molecule has 0 radical (unpaired) electrons. The van der Waals surface area contributed by atoms with Crippen LogP contribution >= 0.6 is 12.4 Å². The van der Waals surface area contributed by atoms with Gasteiger partial charge in [-0.15, -0.1) is 12.4 Å². The highest BCUT2D eigenvalue weighted by Gasteiger charge is 2.52. The maximum Gasteiger partial charge on any atom is 0.265 e. The maximum atomic E-state index is 14.2. The molecule has 0 bridgehead atoms. The van der Waals surface area contributed by atoms with Gasteiger partial charge >= 0.3 is 0 Å². The minimum Gasteiger partial charge on any atom is -0.493 e. The number of hydrogen-bond acceptors (Lipinski definition) is 7. The Labute approximate surface area is 244 Å². The van der Waals surface area contributed by atoms with Crippen molar-refractivity contribution in [2.45, 2.75) is 28.9 Å². The Bertz CT molecular complexity index is 1430. The van der Waals surface area contributed by atoms with E-state index in [1.165, 1.54) is 36.4 Å². The van der Waals surface area contributed by atoms with Crippen LogP contribution in [-0.4, -0.2) is 69.1 Å². The molecule has 12 heteroatoms. The second kappa shape index (κ2) is 14.2. The fourth-order valence-electron chi connectivity index (χ4n) is 4.92. The van der Waals surface area contributed by atoms with Crippen molar-refractivity contribution in [3.8, 4) is 16.9 Å². The monoisotopic (exact) mass is 610 g/mol. The summed E-state index contributed by atoms with van der Waals surface area (Å²) in [7, 11) is -2.55. The van der Waals surface area contributed by atoms with Crippen LogP contribution in [-0.2, 0) is 25.8 Å². The van der Waals surface area contributed by atoms with Crippen LogP contribution in [0.2, 0.25) is 0 Å². The molecule has 41 heavy (non-hydrogen) atoms. The smallest absolute Gasteiger partial charge is 0.265 e. The van der Waals surface area contributed by atoms with Gasteiger partial charge in [-0.2, -0.15) is 0 Å². The number of piperidine rings is 1. The molecule has 1 amide bonds. The molecule has 0 unspecified atom stereocenters. The molecule has 2 N–H and O–H groups in total. The van der Waals surface area contributed by atoms with Crippen LogP contribution in [0.25, 0.3) is 11.1 Å². The number of ether oxygens (including phenoxy) is 2. The van der Waals surface area contributed by atoms with E-state index in [-0.39, 0.29) is 36.8 Å². The molecule has 222 valence electrons. The summed E-state index contributed by atoms with van der Waals surface area (Å²) in [4.78, 5) is 14.7. The van der Waals surface area contributed by atoms with Crippen molar-refractivity contribution in [1.29, 1.82) is 0 Å². The maximum absolute atomic E-state index is 14.2. The number of benzene rings is 3. The van der Waals surface area contributed by atoms with Crippen molar-refractivity contribution in [2.24, 2.45) is 0 Å². The zero-order chi connectivity index (χ0) is 28.8. The molecule has 0 spiro atoms. The van der Waals surface area contributed by atoms with E-state index < -0.39 is 32.1 Å². The van der Waals surface area contributed by atoms with Gasteiger partial charge in [-0.25, -0.2) is 22.7 Å². The largest absolute Gasteiger partial charge is 0.493 e. The molecule has 0 aromatic heterocycles. The number of nitrogens with one attached hydrogen (secondary N) is 1. The molecule has 1 saturated heterocycles. The normalized spacial score (nSPS) is 15.1. The van der Waals surface area contributed by atoms with Crippen molar-refractivity contribution in [3.05, 3.63) is 83.9 Å². The van der Waals surface area contributed by atoms with Gasteiger partial charge in [-0.1, -0.05) is 24.3 Å². The van der Waals surface area contributed by atoms with Crippen LogP contribution in [0.4, 0.5) is 8.78 Å². The van der Waals surface area contributed by atoms with Crippen molar-refractivity contribution >= 4 is 28.2 Å². The predicted octanol–water partition coefficient (Wildman–Crippen LogP) is 4.44. The van der Waals surface area contributed by atoms with Crippen LogP contribution in [0.15, 0.2) is 71.6 Å². The molecule has 0 atom stereocenters. The minimum atomic E-state index is -4.14. The first-order chi connectivity index (χ1) is 19.2. The first-order valence-corrected chi connectivity index (χ1v) is 14.4. The van der Waals surface area contributed by atoms with Gasteiger partial charge < -0.3 is 14.4 Å². The standard InChI is InChI=1S/C29H32F2N2O6S.ClH/c1-38-18-16-33-14-12-29(13-15-33,28(34)32-35)40(36,37)25-8-6-24(7-9-25)39-17-11-21-3-2-4-22(19-21)26-10-5-23(30)20-27(26)31;/h2-10,19-20,35H,11-18H2,1H3,(H,32,34);1H. The lowest BCUT2D eigenvalue weighted by molar-refractivity contribution is -0.133. The van der Waals surface area contributed by atoms with Crippen molar-refractivity contribution in [2.75, 3.05) is 40.0 Å². The van der Waals surface area contributed by atoms with E-state index in [2.05, 4.69) is 0 Å². The summed E-state index contributed by atoms with van der Waals surface area (Å²) in [6.07, 6.45) is 0.561. The number of hydroxylamine groups is 1. The molecular weight excluding hydrogens is 578 g/mol. The average molecular weight is 611 g/mol. The lowest BCUT2D eigenvalue weighted by atomic mass is 9.95. The Kier molecular flexibility index (Phi) is 11.2. The van der Waals surface area contributed by atoms with Gasteiger partial charge in [0.15, 0.2) is 14.6 Å². The van der Waals surface area contributed by atoms with Crippen molar-refractivity contribution in [1.82, 2.24) is 10.4 Å². The molecule has 4 rings (SSSR count). The van der Waals surface area contributed by atoms with Crippen LogP contribution in [0.1, 0.15) is 18.4 Å². The fourth-order valence-corrected chi connectivity index (χ4v) is 6.88. The highest BCUT2D eigenvalue weighted by atomic mass is 35.5. The number of halogens is 3. The quantitative estimate of drug-likeness (QED) is 0.244. The van der Waals surface area contributed by atoms with Crippen LogP contribution < -0.4 is 10.2 Å². The molecule has 1 heterocycles. The number of likely N-dealkylation sites (tertiary alicyclic amines) is 1. The Morgan fingerprint density at radius 2 is 1.73 bits per heavy atom. The lowest BCUT2D eigenvalue weighted by Gasteiger charge is -2.39. The van der Waals surface area contributed by atoms with E-state index in [1.807, 2.05) is 17.0 Å². The van der Waals surface area contributed by atoms with Gasteiger partial charge in [0.05, 0.1) is 18.1 Å². The van der Waals surface area contributed by atoms with Crippen molar-refractivity contribution in [3.63, 3.8) is 0 Å². The Morgan fingerprint density at radius 3 is 2.37 bits per heavy atom. The third-order valence-electron chi connectivity index (χ3n) is 7.27. The summed E-state index contributed by atoms with van der Waals surface area (Å²) in [5.41, 5.74) is 3.36. The van der Waals surface area contributed by atoms with E-state index in [9.17, 15) is 27.2 Å². The summed E-state index contributed by atoms with van der Waals surface area (Å²) < 4.78 is 63.8. The van der Waals surface area contributed by atoms with Gasteiger partial charge in [-0.05, 0) is 60.4 Å². The van der Waals surface area contributed by atoms with Crippen LogP contribution in [0.5, 0.6) is 5.75 Å². The highest BCUT2D eigenvalue weighted by molar-refractivity contribution is 7.93. The number of sulfone groups is 1. The van der Waals surface area contributed by atoms with Crippen LogP contribution in [0.3, 0.4) is 0 Å². The second-order valence-electron chi connectivity index (χ2n) is 9.67. The summed E-state index contributed by atoms with van der Waals surface area (Å²) in [5, 5.41) is 9.36. The summed E-state index contributed by atoms with van der Waals surface area (Å²) in [6.45, 7) is 2.12. The Hall–Kier alpha value is -3.09.